The first-order chi connectivity index (χ1) is 26.4. The van der Waals surface area contributed by atoms with E-state index in [4.69, 9.17) is 9.84 Å². The lowest BCUT2D eigenvalue weighted by Crippen LogP contribution is -2.49. The number of aromatic nitrogens is 5. The van der Waals surface area contributed by atoms with Gasteiger partial charge in [-0.05, 0) is 43.0 Å². The van der Waals surface area contributed by atoms with Crippen LogP contribution in [0.15, 0.2) is 67.4 Å². The highest BCUT2D eigenvalue weighted by Crippen LogP contribution is 2.36. The van der Waals surface area contributed by atoms with Crippen LogP contribution >= 0.6 is 0 Å². The van der Waals surface area contributed by atoms with Crippen molar-refractivity contribution in [2.45, 2.75) is 37.6 Å². The molecule has 0 bridgehead atoms. The molecule has 280 valence electrons. The molecule has 0 radical (unpaired) electrons. The molecule has 5 aromatic rings. The second-order valence-corrected chi connectivity index (χ2v) is 14.5. The number of carbonyl (C=O) groups is 2. The number of fused-ring (bicyclic) bond motifs is 2. The quantitative estimate of drug-likeness (QED) is 0.188. The number of ether oxygens (including phenoxy) is 1. The molecule has 9 rings (SSSR count). The second-order valence-electron chi connectivity index (χ2n) is 14.5. The van der Waals surface area contributed by atoms with Crippen molar-refractivity contribution in [2.75, 3.05) is 81.0 Å². The van der Waals surface area contributed by atoms with Crippen molar-refractivity contribution >= 4 is 40.3 Å². The standard InChI is InChI=1S/C39H44FN11O3/c40-32-22-35-33(41-10-20-54-35)21-31(32)34-24-43-37(38-42-9-13-50(34)38)45-27-23-44-51(25-27)29-7-11-47(12-8-29)14-15-48-16-18-49(19-17-48)28-3-1-26(2-4-28)30-5-6-36(52)46-39(30)53/h1-4,9,13,21-25,29-30,41H,5-8,10-12,14-20H2,(H,43,45)(H,46,52,53). The van der Waals surface area contributed by atoms with Crippen LogP contribution in [0.4, 0.5) is 27.3 Å². The highest BCUT2D eigenvalue weighted by atomic mass is 19.1. The van der Waals surface area contributed by atoms with Gasteiger partial charge in [-0.2, -0.15) is 5.10 Å². The molecule has 1 unspecified atom stereocenters. The van der Waals surface area contributed by atoms with Crippen LogP contribution in [0.1, 0.15) is 43.2 Å². The average molecular weight is 734 g/mol. The predicted molar refractivity (Wildman–Crippen MR) is 203 cm³/mol. The molecule has 3 aromatic heterocycles. The number of carbonyl (C=O) groups excluding carboxylic acids is 2. The van der Waals surface area contributed by atoms with Gasteiger partial charge in [0.2, 0.25) is 11.8 Å². The first kappa shape index (κ1) is 34.2. The zero-order valence-electron chi connectivity index (χ0n) is 30.1. The van der Waals surface area contributed by atoms with Crippen molar-refractivity contribution < 1.29 is 18.7 Å². The molecule has 14 nitrogen and oxygen atoms in total. The molecule has 0 saturated carbocycles. The van der Waals surface area contributed by atoms with Gasteiger partial charge in [-0.25, -0.2) is 14.4 Å². The molecule has 7 heterocycles. The summed E-state index contributed by atoms with van der Waals surface area (Å²) in [6.45, 7) is 9.35. The van der Waals surface area contributed by atoms with Crippen LogP contribution in [0, 0.1) is 5.82 Å². The monoisotopic (exact) mass is 733 g/mol. The normalized spacial score (nSPS) is 20.0. The number of nitrogens with one attached hydrogen (secondary N) is 3. The Bertz CT molecular complexity index is 2150. The third-order valence-corrected chi connectivity index (χ3v) is 11.2. The Balaban J connectivity index is 0.745. The third kappa shape index (κ3) is 6.96. The van der Waals surface area contributed by atoms with Crippen molar-refractivity contribution in [1.82, 2.24) is 39.3 Å². The van der Waals surface area contributed by atoms with Crippen LogP contribution in [-0.2, 0) is 9.59 Å². The van der Waals surface area contributed by atoms with Crippen LogP contribution < -0.4 is 25.6 Å². The molecule has 4 aliphatic heterocycles. The molecule has 3 saturated heterocycles. The number of benzene rings is 2. The first-order valence-electron chi connectivity index (χ1n) is 18.9. The molecular weight excluding hydrogens is 690 g/mol. The summed E-state index contributed by atoms with van der Waals surface area (Å²) in [5.41, 5.74) is 5.35. The zero-order valence-corrected chi connectivity index (χ0v) is 30.1. The number of hydrogen-bond donors (Lipinski definition) is 3. The number of amides is 2. The van der Waals surface area contributed by atoms with E-state index in [0.717, 1.165) is 82.1 Å². The summed E-state index contributed by atoms with van der Waals surface area (Å²) in [6, 6.07) is 11.8. The van der Waals surface area contributed by atoms with Gasteiger partial charge in [0.25, 0.3) is 0 Å². The van der Waals surface area contributed by atoms with E-state index in [2.05, 4.69) is 57.4 Å². The van der Waals surface area contributed by atoms with Gasteiger partial charge in [0.15, 0.2) is 11.5 Å². The maximum Gasteiger partial charge on any atom is 0.234 e. The van der Waals surface area contributed by atoms with E-state index in [1.54, 1.807) is 18.5 Å². The number of likely N-dealkylation sites (tertiary alicyclic amines) is 1. The number of imidazole rings is 1. The highest BCUT2D eigenvalue weighted by Gasteiger charge is 2.28. The minimum absolute atomic E-state index is 0.181. The third-order valence-electron chi connectivity index (χ3n) is 11.2. The maximum atomic E-state index is 15.2. The van der Waals surface area contributed by atoms with Crippen molar-refractivity contribution in [3.63, 3.8) is 0 Å². The fraction of sp³-hybridized carbons (Fsp3) is 0.410. The fourth-order valence-electron chi connectivity index (χ4n) is 8.15. The van der Waals surface area contributed by atoms with Crippen LogP contribution in [0.2, 0.25) is 0 Å². The Morgan fingerprint density at radius 3 is 2.52 bits per heavy atom. The van der Waals surface area contributed by atoms with Gasteiger partial charge in [0.1, 0.15) is 18.2 Å². The van der Waals surface area contributed by atoms with Crippen molar-refractivity contribution in [1.29, 1.82) is 0 Å². The Labute approximate surface area is 312 Å². The number of hydrogen-bond acceptors (Lipinski definition) is 11. The number of rotatable bonds is 9. The number of piperidine rings is 2. The summed E-state index contributed by atoms with van der Waals surface area (Å²) in [5.74, 6) is 0.0879. The lowest BCUT2D eigenvalue weighted by molar-refractivity contribution is -0.134. The van der Waals surface area contributed by atoms with Crippen molar-refractivity contribution in [3.05, 3.63) is 78.8 Å². The summed E-state index contributed by atoms with van der Waals surface area (Å²) in [6.07, 6.45) is 12.1. The van der Waals surface area contributed by atoms with E-state index < -0.39 is 0 Å². The largest absolute Gasteiger partial charge is 0.489 e. The van der Waals surface area contributed by atoms with Gasteiger partial charge in [-0.1, -0.05) is 12.1 Å². The summed E-state index contributed by atoms with van der Waals surface area (Å²) >= 11 is 0. The van der Waals surface area contributed by atoms with E-state index in [1.165, 1.54) is 11.8 Å². The molecular formula is C39H44FN11O3. The molecule has 3 N–H and O–H groups in total. The predicted octanol–water partition coefficient (Wildman–Crippen LogP) is 4.26. The summed E-state index contributed by atoms with van der Waals surface area (Å²) in [5, 5.41) is 13.8. The topological polar surface area (TPSA) is 137 Å². The summed E-state index contributed by atoms with van der Waals surface area (Å²) in [7, 11) is 0. The van der Waals surface area contributed by atoms with Gasteiger partial charge in [-0.15, -0.1) is 0 Å². The molecule has 0 aliphatic carbocycles. The van der Waals surface area contributed by atoms with Crippen LogP contribution in [-0.4, -0.2) is 111 Å². The van der Waals surface area contributed by atoms with Gasteiger partial charge >= 0.3 is 0 Å². The van der Waals surface area contributed by atoms with Crippen molar-refractivity contribution in [2.24, 2.45) is 0 Å². The number of halogens is 1. The lowest BCUT2D eigenvalue weighted by Gasteiger charge is -2.38. The Kier molecular flexibility index (Phi) is 9.33. The van der Waals surface area contributed by atoms with E-state index in [-0.39, 0.29) is 23.5 Å². The van der Waals surface area contributed by atoms with Crippen LogP contribution in [0.25, 0.3) is 16.9 Å². The number of imide groups is 1. The van der Waals surface area contributed by atoms with E-state index >= 15 is 4.39 Å². The SMILES string of the molecule is O=C1CCC(c2ccc(N3CCN(CCN4CCC(n5cc(Nc6ncc(-c7cc8c(cc7F)OCCN8)n7ccnc67)cn5)CC4)CC3)cc2)C(=O)N1. The molecule has 1 atom stereocenters. The Morgan fingerprint density at radius 1 is 0.926 bits per heavy atom. The van der Waals surface area contributed by atoms with Gasteiger partial charge in [-0.3, -0.25) is 28.9 Å². The molecule has 3 fully saturated rings. The Morgan fingerprint density at radius 2 is 1.72 bits per heavy atom. The Hall–Kier alpha value is -5.54. The molecule has 2 aromatic carbocycles. The van der Waals surface area contributed by atoms with Crippen LogP contribution in [0.3, 0.4) is 0 Å². The van der Waals surface area contributed by atoms with Gasteiger partial charge < -0.3 is 25.2 Å². The molecule has 54 heavy (non-hydrogen) atoms. The number of nitrogens with zero attached hydrogens (tertiary/aromatic N) is 8. The molecule has 15 heteroatoms. The minimum atomic E-state index is -0.380. The zero-order chi connectivity index (χ0) is 36.6. The second kappa shape index (κ2) is 14.7. The minimum Gasteiger partial charge on any atom is -0.489 e. The molecule has 2 amide bonds. The fourth-order valence-corrected chi connectivity index (χ4v) is 8.15. The smallest absolute Gasteiger partial charge is 0.234 e. The molecule has 0 spiro atoms. The van der Waals surface area contributed by atoms with Crippen LogP contribution in [0.5, 0.6) is 5.75 Å². The van der Waals surface area contributed by atoms with Gasteiger partial charge in [0.05, 0.1) is 41.4 Å². The summed E-state index contributed by atoms with van der Waals surface area (Å²) in [4.78, 5) is 40.5. The van der Waals surface area contributed by atoms with E-state index in [0.29, 0.717) is 60.5 Å². The van der Waals surface area contributed by atoms with E-state index in [1.807, 2.05) is 35.1 Å². The highest BCUT2D eigenvalue weighted by molar-refractivity contribution is 6.01. The van der Waals surface area contributed by atoms with Gasteiger partial charge in [0, 0.05) is 101 Å². The first-order valence-corrected chi connectivity index (χ1v) is 18.9. The van der Waals surface area contributed by atoms with Crippen molar-refractivity contribution in [3.8, 4) is 17.0 Å². The lowest BCUT2D eigenvalue weighted by atomic mass is 9.90. The molecule has 4 aliphatic rings. The number of anilines is 4. The maximum absolute atomic E-state index is 15.2. The average Bonchev–Trinajstić information content (AvgIpc) is 3.89. The number of piperazine rings is 1. The van der Waals surface area contributed by atoms with E-state index in [9.17, 15) is 9.59 Å². The summed E-state index contributed by atoms with van der Waals surface area (Å²) < 4.78 is 24.7.